The topological polar surface area (TPSA) is 26.3 Å². The van der Waals surface area contributed by atoms with Crippen molar-refractivity contribution in [1.82, 2.24) is 0 Å². The Hall–Kier alpha value is -7.68. The molecule has 0 radical (unpaired) electrons. The van der Waals surface area contributed by atoms with E-state index in [-0.39, 0.29) is 0 Å². The average molecular weight is 737 g/mol. The molecule has 58 heavy (non-hydrogen) atoms. The minimum atomic E-state index is 0.839. The summed E-state index contributed by atoms with van der Waals surface area (Å²) in [5, 5.41) is 16.4. The zero-order chi connectivity index (χ0) is 37.9. The maximum atomic E-state index is 6.96. The second kappa shape index (κ2) is 11.9. The van der Waals surface area contributed by atoms with Crippen LogP contribution in [0, 0.1) is 0 Å². The summed E-state index contributed by atoms with van der Waals surface area (Å²) in [5.74, 6) is 0. The van der Waals surface area contributed by atoms with E-state index in [0.29, 0.717) is 0 Å². The van der Waals surface area contributed by atoms with Crippen LogP contribution in [0.25, 0.3) is 131 Å². The molecule has 0 bridgehead atoms. The summed E-state index contributed by atoms with van der Waals surface area (Å²) in [5.41, 5.74) is 10.6. The predicted molar refractivity (Wildman–Crippen MR) is 245 cm³/mol. The Morgan fingerprint density at radius 3 is 1.41 bits per heavy atom. The van der Waals surface area contributed by atoms with Crippen LogP contribution in [0.2, 0.25) is 0 Å². The molecule has 13 rings (SSSR count). The van der Waals surface area contributed by atoms with Crippen LogP contribution in [0.5, 0.6) is 0 Å². The van der Waals surface area contributed by atoms with Gasteiger partial charge in [0.05, 0.1) is 5.39 Å². The van der Waals surface area contributed by atoms with Crippen molar-refractivity contribution in [2.75, 3.05) is 0 Å². The van der Waals surface area contributed by atoms with Crippen LogP contribution in [0.1, 0.15) is 0 Å². The van der Waals surface area contributed by atoms with Gasteiger partial charge in [-0.05, 0) is 99.9 Å². The standard InChI is InChI=1S/C56H32O2/c1-3-17-35-33(14-1)16-13-26-41(35)51-42-22-7-9-24-44(42)52(45-25-10-8-23-43(45)51)46-30-29-39(37-19-5-6-20-38(37)46)47-32-48-40-21-11-12-27-49(40)57-56(48)54-53-36-18-4-2-15-34(36)28-31-50(53)58-55(47)54/h1-32H. The first-order valence-electron chi connectivity index (χ1n) is 19.9. The highest BCUT2D eigenvalue weighted by molar-refractivity contribution is 6.31. The molecule has 0 fully saturated rings. The summed E-state index contributed by atoms with van der Waals surface area (Å²) in [6.45, 7) is 0. The fourth-order valence-corrected chi connectivity index (χ4v) is 9.98. The number of hydrogen-bond acceptors (Lipinski definition) is 2. The molecule has 0 aliphatic heterocycles. The first-order chi connectivity index (χ1) is 28.8. The van der Waals surface area contributed by atoms with E-state index < -0.39 is 0 Å². The van der Waals surface area contributed by atoms with Gasteiger partial charge in [0.2, 0.25) is 0 Å². The van der Waals surface area contributed by atoms with Crippen molar-refractivity contribution in [3.63, 3.8) is 0 Å². The molecule has 0 aliphatic rings. The molecule has 0 N–H and O–H groups in total. The molecule has 268 valence electrons. The summed E-state index contributed by atoms with van der Waals surface area (Å²) in [4.78, 5) is 0. The molecule has 0 saturated heterocycles. The lowest BCUT2D eigenvalue weighted by molar-refractivity contribution is 0.663. The van der Waals surface area contributed by atoms with Gasteiger partial charge in [-0.25, -0.2) is 0 Å². The Labute approximate surface area is 332 Å². The van der Waals surface area contributed by atoms with Gasteiger partial charge in [-0.15, -0.1) is 0 Å². The molecule has 0 unspecified atom stereocenters. The molecule has 0 atom stereocenters. The summed E-state index contributed by atoms with van der Waals surface area (Å²) in [6, 6.07) is 70.3. The number of hydrogen-bond donors (Lipinski definition) is 0. The monoisotopic (exact) mass is 736 g/mol. The van der Waals surface area contributed by atoms with Crippen molar-refractivity contribution in [2.45, 2.75) is 0 Å². The number of para-hydroxylation sites is 1. The van der Waals surface area contributed by atoms with Crippen molar-refractivity contribution in [1.29, 1.82) is 0 Å². The Kier molecular flexibility index (Phi) is 6.47. The minimum absolute atomic E-state index is 0.839. The largest absolute Gasteiger partial charge is 0.455 e. The number of rotatable bonds is 3. The van der Waals surface area contributed by atoms with E-state index in [1.165, 1.54) is 70.7 Å². The Morgan fingerprint density at radius 1 is 0.241 bits per heavy atom. The maximum Gasteiger partial charge on any atom is 0.147 e. The van der Waals surface area contributed by atoms with Gasteiger partial charge in [-0.2, -0.15) is 0 Å². The zero-order valence-corrected chi connectivity index (χ0v) is 31.3. The summed E-state index contributed by atoms with van der Waals surface area (Å²) < 4.78 is 13.7. The van der Waals surface area contributed by atoms with Crippen LogP contribution in [0.3, 0.4) is 0 Å². The molecule has 11 aromatic carbocycles. The second-order valence-corrected chi connectivity index (χ2v) is 15.4. The molecule has 2 heteroatoms. The van der Waals surface area contributed by atoms with Crippen LogP contribution in [-0.2, 0) is 0 Å². The van der Waals surface area contributed by atoms with Gasteiger partial charge in [0, 0.05) is 21.7 Å². The molecular formula is C56H32O2. The first-order valence-corrected chi connectivity index (χ1v) is 19.9. The number of fused-ring (bicyclic) bond motifs is 13. The molecular weight excluding hydrogens is 705 g/mol. The molecule has 2 aromatic heterocycles. The SMILES string of the molecule is c1ccc2c(-c3c4ccccc4c(-c4ccc(-c5cc6c7ccccc7oc6c6c5oc5ccc7ccccc7c56)c5ccccc45)c4ccccc34)cccc2c1. The third kappa shape index (κ3) is 4.32. The van der Waals surface area contributed by atoms with Crippen molar-refractivity contribution < 1.29 is 8.83 Å². The van der Waals surface area contributed by atoms with E-state index in [9.17, 15) is 0 Å². The molecule has 0 saturated carbocycles. The third-order valence-corrected chi connectivity index (χ3v) is 12.4. The van der Waals surface area contributed by atoms with Crippen LogP contribution in [0.4, 0.5) is 0 Å². The lowest BCUT2D eigenvalue weighted by Gasteiger charge is -2.20. The summed E-state index contributed by atoms with van der Waals surface area (Å²) in [6.07, 6.45) is 0. The molecule has 2 heterocycles. The third-order valence-electron chi connectivity index (χ3n) is 12.4. The van der Waals surface area contributed by atoms with Gasteiger partial charge in [-0.1, -0.05) is 176 Å². The van der Waals surface area contributed by atoms with E-state index in [0.717, 1.165) is 60.4 Å². The number of benzene rings is 11. The van der Waals surface area contributed by atoms with Crippen molar-refractivity contribution in [3.05, 3.63) is 194 Å². The smallest absolute Gasteiger partial charge is 0.147 e. The van der Waals surface area contributed by atoms with Crippen LogP contribution < -0.4 is 0 Å². The van der Waals surface area contributed by atoms with Gasteiger partial charge >= 0.3 is 0 Å². The quantitative estimate of drug-likeness (QED) is 0.169. The van der Waals surface area contributed by atoms with E-state index in [1.807, 2.05) is 6.07 Å². The first kappa shape index (κ1) is 31.5. The van der Waals surface area contributed by atoms with Crippen LogP contribution >= 0.6 is 0 Å². The summed E-state index contributed by atoms with van der Waals surface area (Å²) in [7, 11) is 0. The molecule has 0 spiro atoms. The van der Waals surface area contributed by atoms with Gasteiger partial charge < -0.3 is 8.83 Å². The lowest BCUT2D eigenvalue weighted by atomic mass is 9.83. The van der Waals surface area contributed by atoms with Gasteiger partial charge in [-0.3, -0.25) is 0 Å². The molecule has 13 aromatic rings. The van der Waals surface area contributed by atoms with Crippen LogP contribution in [-0.4, -0.2) is 0 Å². The van der Waals surface area contributed by atoms with Gasteiger partial charge in [0.15, 0.2) is 0 Å². The highest BCUT2D eigenvalue weighted by Gasteiger charge is 2.24. The van der Waals surface area contributed by atoms with Gasteiger partial charge in [0.25, 0.3) is 0 Å². The van der Waals surface area contributed by atoms with E-state index in [1.54, 1.807) is 0 Å². The van der Waals surface area contributed by atoms with E-state index in [4.69, 9.17) is 8.83 Å². The Morgan fingerprint density at radius 2 is 0.724 bits per heavy atom. The fourth-order valence-electron chi connectivity index (χ4n) is 9.98. The van der Waals surface area contributed by atoms with Crippen molar-refractivity contribution in [2.24, 2.45) is 0 Å². The normalized spacial score (nSPS) is 12.1. The average Bonchev–Trinajstić information content (AvgIpc) is 3.87. The predicted octanol–water partition coefficient (Wildman–Crippen LogP) is 16.3. The maximum absolute atomic E-state index is 6.96. The Bertz CT molecular complexity index is 3800. The zero-order valence-electron chi connectivity index (χ0n) is 31.3. The highest BCUT2D eigenvalue weighted by atomic mass is 16.3. The number of furan rings is 2. The van der Waals surface area contributed by atoms with E-state index in [2.05, 4.69) is 188 Å². The van der Waals surface area contributed by atoms with Gasteiger partial charge in [0.1, 0.15) is 22.3 Å². The molecule has 2 nitrogen and oxygen atoms in total. The van der Waals surface area contributed by atoms with E-state index >= 15 is 0 Å². The fraction of sp³-hybridized carbons (Fsp3) is 0. The molecule has 0 amide bonds. The lowest BCUT2D eigenvalue weighted by Crippen LogP contribution is -1.93. The summed E-state index contributed by atoms with van der Waals surface area (Å²) >= 11 is 0. The Balaban J connectivity index is 1.14. The highest BCUT2D eigenvalue weighted by Crippen LogP contribution is 2.50. The van der Waals surface area contributed by atoms with Crippen molar-refractivity contribution >= 4 is 97.7 Å². The minimum Gasteiger partial charge on any atom is -0.455 e. The van der Waals surface area contributed by atoms with Crippen molar-refractivity contribution in [3.8, 4) is 33.4 Å². The second-order valence-electron chi connectivity index (χ2n) is 15.4. The van der Waals surface area contributed by atoms with Crippen LogP contribution in [0.15, 0.2) is 203 Å². The molecule has 0 aliphatic carbocycles.